The molecular formula is C12H14N6O3. The Bertz CT molecular complexity index is 667. The summed E-state index contributed by atoms with van der Waals surface area (Å²) >= 11 is 0. The van der Waals surface area contributed by atoms with Gasteiger partial charge in [0.05, 0.1) is 6.07 Å². The van der Waals surface area contributed by atoms with Crippen molar-refractivity contribution in [3.8, 4) is 11.6 Å². The van der Waals surface area contributed by atoms with Crippen molar-refractivity contribution in [1.29, 1.82) is 0 Å². The molecule has 0 N–H and O–H groups in total. The van der Waals surface area contributed by atoms with Crippen molar-refractivity contribution in [2.24, 2.45) is 5.10 Å². The standard InChI is InChI=1S/C12H14N6O3/c1-16(2)8-14-17(3)10-6-7-13-12(15-10)9-4-5-11(21-9)18(19)20/h4-8H,1-3H3. The molecule has 2 aromatic heterocycles. The summed E-state index contributed by atoms with van der Waals surface area (Å²) in [5, 5.41) is 16.3. The molecule has 9 nitrogen and oxygen atoms in total. The van der Waals surface area contributed by atoms with E-state index in [2.05, 4.69) is 15.1 Å². The summed E-state index contributed by atoms with van der Waals surface area (Å²) in [5.41, 5.74) is 0. The lowest BCUT2D eigenvalue weighted by Crippen LogP contribution is -2.16. The molecule has 0 bridgehead atoms. The summed E-state index contributed by atoms with van der Waals surface area (Å²) in [6.07, 6.45) is 3.16. The van der Waals surface area contributed by atoms with E-state index in [1.807, 2.05) is 14.1 Å². The average Bonchev–Trinajstić information content (AvgIpc) is 2.95. The van der Waals surface area contributed by atoms with Gasteiger partial charge in [-0.05, 0) is 6.07 Å². The number of hydrogen-bond acceptors (Lipinski definition) is 7. The van der Waals surface area contributed by atoms with Crippen molar-refractivity contribution in [3.63, 3.8) is 0 Å². The zero-order chi connectivity index (χ0) is 15.4. The van der Waals surface area contributed by atoms with E-state index >= 15 is 0 Å². The van der Waals surface area contributed by atoms with Crippen molar-refractivity contribution in [3.05, 3.63) is 34.5 Å². The number of nitro groups is 1. The lowest BCUT2D eigenvalue weighted by atomic mass is 10.4. The SMILES string of the molecule is CN(C)C=NN(C)c1ccnc(-c2ccc([N+](=O)[O-])o2)n1. The van der Waals surface area contributed by atoms with Crippen LogP contribution in [0.5, 0.6) is 0 Å². The predicted octanol–water partition coefficient (Wildman–Crippen LogP) is 1.59. The first kappa shape index (κ1) is 14.4. The lowest BCUT2D eigenvalue weighted by Gasteiger charge is -2.13. The van der Waals surface area contributed by atoms with Crippen molar-refractivity contribution < 1.29 is 9.34 Å². The Morgan fingerprint density at radius 2 is 2.10 bits per heavy atom. The third-order valence-electron chi connectivity index (χ3n) is 2.42. The number of rotatable bonds is 5. The molecule has 0 unspecified atom stereocenters. The Morgan fingerprint density at radius 1 is 1.33 bits per heavy atom. The fraction of sp³-hybridized carbons (Fsp3) is 0.250. The number of furan rings is 1. The van der Waals surface area contributed by atoms with Crippen LogP contribution in [0.4, 0.5) is 11.7 Å². The van der Waals surface area contributed by atoms with Gasteiger partial charge < -0.3 is 9.32 Å². The maximum Gasteiger partial charge on any atom is 0.433 e. The first-order chi connectivity index (χ1) is 9.97. The second-order valence-electron chi connectivity index (χ2n) is 4.35. The van der Waals surface area contributed by atoms with Crippen molar-refractivity contribution in [2.75, 3.05) is 26.2 Å². The maximum absolute atomic E-state index is 10.6. The molecule has 0 aliphatic heterocycles. The summed E-state index contributed by atoms with van der Waals surface area (Å²) in [6.45, 7) is 0. The van der Waals surface area contributed by atoms with Gasteiger partial charge in [0.15, 0.2) is 17.4 Å². The first-order valence-corrected chi connectivity index (χ1v) is 5.99. The van der Waals surface area contributed by atoms with E-state index in [0.29, 0.717) is 5.82 Å². The van der Waals surface area contributed by atoms with Crippen LogP contribution >= 0.6 is 0 Å². The van der Waals surface area contributed by atoms with Gasteiger partial charge in [0.2, 0.25) is 0 Å². The maximum atomic E-state index is 10.6. The van der Waals surface area contributed by atoms with Gasteiger partial charge in [-0.1, -0.05) is 0 Å². The molecule has 2 heterocycles. The van der Waals surface area contributed by atoms with E-state index in [1.165, 1.54) is 18.3 Å². The molecule has 0 aliphatic rings. The van der Waals surface area contributed by atoms with E-state index in [1.54, 1.807) is 29.4 Å². The third kappa shape index (κ3) is 3.53. The molecule has 0 radical (unpaired) electrons. The highest BCUT2D eigenvalue weighted by atomic mass is 16.6. The van der Waals surface area contributed by atoms with Crippen LogP contribution < -0.4 is 5.01 Å². The van der Waals surface area contributed by atoms with Gasteiger partial charge in [-0.25, -0.2) is 15.0 Å². The highest BCUT2D eigenvalue weighted by Crippen LogP contribution is 2.24. The molecule has 0 amide bonds. The Morgan fingerprint density at radius 3 is 2.71 bits per heavy atom. The molecule has 9 heteroatoms. The van der Waals surface area contributed by atoms with Gasteiger partial charge >= 0.3 is 5.88 Å². The van der Waals surface area contributed by atoms with Crippen LogP contribution in [0.2, 0.25) is 0 Å². The van der Waals surface area contributed by atoms with Gasteiger partial charge in [0.1, 0.15) is 11.3 Å². The summed E-state index contributed by atoms with van der Waals surface area (Å²) in [7, 11) is 5.44. The number of aromatic nitrogens is 2. The number of hydrogen-bond donors (Lipinski definition) is 0. The van der Waals surface area contributed by atoms with Gasteiger partial charge in [-0.3, -0.25) is 10.1 Å². The minimum Gasteiger partial charge on any atom is -0.397 e. The number of hydrazone groups is 1. The molecule has 110 valence electrons. The Hall–Kier alpha value is -2.97. The van der Waals surface area contributed by atoms with Crippen LogP contribution in [0.15, 0.2) is 33.9 Å². The van der Waals surface area contributed by atoms with E-state index in [0.717, 1.165) is 0 Å². The lowest BCUT2D eigenvalue weighted by molar-refractivity contribution is -0.401. The average molecular weight is 290 g/mol. The van der Waals surface area contributed by atoms with Gasteiger partial charge in [0, 0.05) is 33.4 Å². The van der Waals surface area contributed by atoms with E-state index in [9.17, 15) is 10.1 Å². The molecule has 0 aliphatic carbocycles. The van der Waals surface area contributed by atoms with Crippen LogP contribution in [-0.2, 0) is 0 Å². The number of nitrogens with zero attached hydrogens (tertiary/aromatic N) is 6. The van der Waals surface area contributed by atoms with Gasteiger partial charge in [-0.2, -0.15) is 5.10 Å². The highest BCUT2D eigenvalue weighted by Gasteiger charge is 2.15. The van der Waals surface area contributed by atoms with Crippen LogP contribution in [0, 0.1) is 10.1 Å². The van der Waals surface area contributed by atoms with Crippen LogP contribution in [-0.4, -0.2) is 47.3 Å². The summed E-state index contributed by atoms with van der Waals surface area (Å²) in [4.78, 5) is 20.1. The zero-order valence-corrected chi connectivity index (χ0v) is 11.8. The fourth-order valence-corrected chi connectivity index (χ4v) is 1.43. The summed E-state index contributed by atoms with van der Waals surface area (Å²) in [6, 6.07) is 4.40. The fourth-order valence-electron chi connectivity index (χ4n) is 1.43. The second kappa shape index (κ2) is 5.99. The second-order valence-corrected chi connectivity index (χ2v) is 4.35. The molecular weight excluding hydrogens is 276 g/mol. The van der Waals surface area contributed by atoms with Crippen molar-refractivity contribution in [1.82, 2.24) is 14.9 Å². The van der Waals surface area contributed by atoms with Crippen molar-refractivity contribution in [2.45, 2.75) is 0 Å². The molecule has 0 aromatic carbocycles. The Balaban J connectivity index is 2.26. The van der Waals surface area contributed by atoms with Crippen molar-refractivity contribution >= 4 is 18.0 Å². The predicted molar refractivity (Wildman–Crippen MR) is 77.0 cm³/mol. The molecule has 21 heavy (non-hydrogen) atoms. The molecule has 0 atom stereocenters. The monoisotopic (exact) mass is 290 g/mol. The largest absolute Gasteiger partial charge is 0.433 e. The normalized spacial score (nSPS) is 10.8. The zero-order valence-electron chi connectivity index (χ0n) is 11.8. The summed E-state index contributed by atoms with van der Waals surface area (Å²) in [5.74, 6) is 0.677. The van der Waals surface area contributed by atoms with Crippen LogP contribution in [0.3, 0.4) is 0 Å². The number of anilines is 1. The molecule has 0 saturated heterocycles. The summed E-state index contributed by atoms with van der Waals surface area (Å²) < 4.78 is 5.07. The van der Waals surface area contributed by atoms with Gasteiger partial charge in [-0.15, -0.1) is 0 Å². The minimum absolute atomic E-state index is 0.230. The quantitative estimate of drug-likeness (QED) is 0.356. The van der Waals surface area contributed by atoms with E-state index < -0.39 is 4.92 Å². The Kier molecular flexibility index (Phi) is 4.12. The Labute approximate surface area is 120 Å². The molecule has 0 saturated carbocycles. The van der Waals surface area contributed by atoms with Gasteiger partial charge in [0.25, 0.3) is 0 Å². The molecule has 2 aromatic rings. The third-order valence-corrected chi connectivity index (χ3v) is 2.42. The smallest absolute Gasteiger partial charge is 0.397 e. The highest BCUT2D eigenvalue weighted by molar-refractivity contribution is 5.57. The molecule has 0 fully saturated rings. The van der Waals surface area contributed by atoms with Crippen LogP contribution in [0.25, 0.3) is 11.6 Å². The minimum atomic E-state index is -0.610. The molecule has 2 rings (SSSR count). The van der Waals surface area contributed by atoms with E-state index in [4.69, 9.17) is 4.42 Å². The molecule has 0 spiro atoms. The topological polar surface area (TPSA) is 101 Å². The van der Waals surface area contributed by atoms with E-state index in [-0.39, 0.29) is 17.5 Å². The van der Waals surface area contributed by atoms with Crippen LogP contribution in [0.1, 0.15) is 0 Å². The first-order valence-electron chi connectivity index (χ1n) is 5.99.